The Kier molecular flexibility index (Phi) is 11.9. The average molecular weight is 837 g/mol. The van der Waals surface area contributed by atoms with Gasteiger partial charge in [0, 0.05) is 34.2 Å². The average Bonchev–Trinajstić information content (AvgIpc) is 4.13. The predicted octanol–water partition coefficient (Wildman–Crippen LogP) is 6.82. The van der Waals surface area contributed by atoms with E-state index in [1.54, 1.807) is 58.8 Å². The lowest BCUT2D eigenvalue weighted by atomic mass is 10.0. The number of amides is 4. The maximum atomic E-state index is 14.1. The molecule has 2 saturated heterocycles. The number of carbonyl (C=O) groups is 4. The molecule has 318 valence electrons. The summed E-state index contributed by atoms with van der Waals surface area (Å²) < 4.78 is 4.84. The van der Waals surface area contributed by atoms with Gasteiger partial charge < -0.3 is 25.1 Å². The fourth-order valence-corrected chi connectivity index (χ4v) is 8.34. The molecule has 4 heterocycles. The number of hydrazine groups is 2. The molecule has 0 aliphatic carbocycles. The molecule has 6 aromatic rings. The van der Waals surface area contributed by atoms with Crippen LogP contribution in [0.1, 0.15) is 59.8 Å². The van der Waals surface area contributed by atoms with Gasteiger partial charge in [-0.15, -0.1) is 0 Å². The van der Waals surface area contributed by atoms with Gasteiger partial charge in [-0.05, 0) is 46.2 Å². The van der Waals surface area contributed by atoms with Gasteiger partial charge in [0.2, 0.25) is 0 Å². The van der Waals surface area contributed by atoms with Crippen molar-refractivity contribution in [2.45, 2.75) is 37.0 Å². The summed E-state index contributed by atoms with van der Waals surface area (Å²) in [4.78, 5) is 69.9. The zero-order valence-corrected chi connectivity index (χ0v) is 34.8. The third-order valence-corrected chi connectivity index (χ3v) is 11.6. The summed E-state index contributed by atoms with van der Waals surface area (Å²) in [6.45, 7) is 1.23. The highest BCUT2D eigenvalue weighted by Gasteiger charge is 2.43. The largest absolute Gasteiger partial charge is 0.465 e. The zero-order valence-electron chi connectivity index (χ0n) is 34.8. The molecular weight excluding hydrogens is 789 g/mol. The molecule has 4 amide bonds. The topological polar surface area (TPSA) is 183 Å². The van der Waals surface area contributed by atoms with Crippen LogP contribution in [0.4, 0.5) is 9.59 Å². The number of hydrogen-bond donors (Lipinski definition) is 4. The van der Waals surface area contributed by atoms with E-state index >= 15 is 0 Å². The highest BCUT2D eigenvalue weighted by molar-refractivity contribution is 5.88. The van der Waals surface area contributed by atoms with Crippen LogP contribution in [-0.2, 0) is 14.3 Å². The van der Waals surface area contributed by atoms with Gasteiger partial charge in [-0.25, -0.2) is 29.6 Å². The minimum atomic E-state index is -1.20. The van der Waals surface area contributed by atoms with Gasteiger partial charge in [-0.2, -0.15) is 0 Å². The van der Waals surface area contributed by atoms with Gasteiger partial charge in [-0.3, -0.25) is 24.5 Å². The molecule has 2 aliphatic heterocycles. The SMILES string of the molecule is COC(=O)N[C@H](C(=O)N1[C@H](c2ncc(-c3ccc(-c4ccc(-c5cnc([C@@H]6CCN(C)N6C(=O)[C@@H](c6ccccc6)N(C)C(=O)O)[nH]5)cc4)cc3)[nH]2)CCN1C)c1ccccc1. The van der Waals surface area contributed by atoms with Crippen LogP contribution in [0.25, 0.3) is 33.6 Å². The number of aromatic nitrogens is 4. The number of alkyl carbamates (subject to hydrolysis) is 1. The van der Waals surface area contributed by atoms with Crippen LogP contribution in [0.2, 0.25) is 0 Å². The number of rotatable bonds is 11. The van der Waals surface area contributed by atoms with Gasteiger partial charge in [0.05, 0.1) is 30.9 Å². The number of carbonyl (C=O) groups excluding carboxylic acids is 3. The Morgan fingerprint density at radius 2 is 1.11 bits per heavy atom. The molecule has 16 nitrogen and oxygen atoms in total. The molecule has 4 atom stereocenters. The molecule has 2 aliphatic rings. The summed E-state index contributed by atoms with van der Waals surface area (Å²) in [5.41, 5.74) is 6.73. The molecule has 0 bridgehead atoms. The number of ether oxygens (including phenoxy) is 1. The van der Waals surface area contributed by atoms with Gasteiger partial charge in [0.15, 0.2) is 0 Å². The van der Waals surface area contributed by atoms with Gasteiger partial charge in [-0.1, -0.05) is 109 Å². The van der Waals surface area contributed by atoms with E-state index in [9.17, 15) is 24.3 Å². The molecule has 0 saturated carbocycles. The Morgan fingerprint density at radius 1 is 0.677 bits per heavy atom. The van der Waals surface area contributed by atoms with E-state index < -0.39 is 30.3 Å². The molecule has 0 radical (unpaired) electrons. The molecule has 0 spiro atoms. The van der Waals surface area contributed by atoms with Gasteiger partial charge in [0.25, 0.3) is 11.8 Å². The number of nitrogens with zero attached hydrogens (tertiary/aromatic N) is 7. The molecule has 2 fully saturated rings. The van der Waals surface area contributed by atoms with Crippen molar-refractivity contribution >= 4 is 24.0 Å². The van der Waals surface area contributed by atoms with Crippen LogP contribution in [0.5, 0.6) is 0 Å². The smallest absolute Gasteiger partial charge is 0.407 e. The molecule has 62 heavy (non-hydrogen) atoms. The lowest BCUT2D eigenvalue weighted by Gasteiger charge is -2.35. The summed E-state index contributed by atoms with van der Waals surface area (Å²) in [5.74, 6) is 0.616. The molecular formula is C46H48N10O6. The van der Waals surface area contributed by atoms with Crippen LogP contribution < -0.4 is 5.32 Å². The van der Waals surface area contributed by atoms with Crippen LogP contribution in [0.15, 0.2) is 122 Å². The Labute approximate surface area is 358 Å². The number of nitrogens with one attached hydrogen (secondary N) is 3. The normalized spacial score (nSPS) is 17.7. The van der Waals surface area contributed by atoms with E-state index in [2.05, 4.69) is 15.3 Å². The Balaban J connectivity index is 0.950. The van der Waals surface area contributed by atoms with E-state index in [1.165, 1.54) is 14.2 Å². The van der Waals surface area contributed by atoms with Crippen molar-refractivity contribution in [2.24, 2.45) is 0 Å². The molecule has 16 heteroatoms. The number of benzene rings is 4. The second kappa shape index (κ2) is 17.7. The fraction of sp³-hybridized carbons (Fsp3) is 0.261. The fourth-order valence-electron chi connectivity index (χ4n) is 8.34. The van der Waals surface area contributed by atoms with Gasteiger partial charge in [0.1, 0.15) is 35.8 Å². The first-order chi connectivity index (χ1) is 30.0. The highest BCUT2D eigenvalue weighted by Crippen LogP contribution is 2.37. The van der Waals surface area contributed by atoms with Crippen molar-refractivity contribution in [2.75, 3.05) is 41.3 Å². The first-order valence-corrected chi connectivity index (χ1v) is 20.3. The number of aromatic amines is 2. The first-order valence-electron chi connectivity index (χ1n) is 20.3. The summed E-state index contributed by atoms with van der Waals surface area (Å²) in [5, 5.41) is 19.5. The van der Waals surface area contributed by atoms with E-state index in [4.69, 9.17) is 14.7 Å². The number of methoxy groups -OCH3 is 1. The van der Waals surface area contributed by atoms with Crippen molar-refractivity contribution in [3.63, 3.8) is 0 Å². The van der Waals surface area contributed by atoms with Crippen molar-refractivity contribution in [1.82, 2.24) is 50.2 Å². The molecule has 4 N–H and O–H groups in total. The molecule has 8 rings (SSSR count). The van der Waals surface area contributed by atoms with E-state index in [0.29, 0.717) is 48.7 Å². The number of H-pyrrole nitrogens is 2. The monoisotopic (exact) mass is 836 g/mol. The maximum absolute atomic E-state index is 14.1. The van der Waals surface area contributed by atoms with Crippen LogP contribution in [0.3, 0.4) is 0 Å². The Bertz CT molecular complexity index is 2530. The van der Waals surface area contributed by atoms with Crippen molar-refractivity contribution in [3.05, 3.63) is 144 Å². The Hall–Kier alpha value is -7.30. The second-order valence-corrected chi connectivity index (χ2v) is 15.4. The number of hydrogen-bond acceptors (Lipinski definition) is 9. The summed E-state index contributed by atoms with van der Waals surface area (Å²) >= 11 is 0. The Morgan fingerprint density at radius 3 is 1.56 bits per heavy atom. The van der Waals surface area contributed by atoms with Crippen molar-refractivity contribution in [1.29, 1.82) is 0 Å². The third-order valence-electron chi connectivity index (χ3n) is 11.6. The quantitative estimate of drug-likeness (QED) is 0.108. The number of imidazole rings is 2. The maximum Gasteiger partial charge on any atom is 0.407 e. The number of likely N-dealkylation sites (N-methyl/N-ethyl adjacent to an activating group) is 1. The summed E-state index contributed by atoms with van der Waals surface area (Å²) in [7, 11) is 6.35. The van der Waals surface area contributed by atoms with Crippen LogP contribution in [-0.4, -0.2) is 115 Å². The van der Waals surface area contributed by atoms with Crippen molar-refractivity contribution in [3.8, 4) is 33.6 Å². The zero-order chi connectivity index (χ0) is 43.5. The van der Waals surface area contributed by atoms with E-state index in [1.807, 2.05) is 96.9 Å². The lowest BCUT2D eigenvalue weighted by Crippen LogP contribution is -2.47. The standard InChI is InChI=1S/C46H48N10O6/c1-52-25-23-37(55(52)43(57)39(51-45(59)62-4)33-11-7-5-8-12-33)41-47-27-35(49-41)31-19-15-29(16-20-31)30-17-21-32(22-18-30)36-28-48-42(50-36)38-24-26-53(2)56(38)44(58)40(54(3)46(60)61)34-13-9-6-10-14-34/h5-22,27-28,37-40H,23-26H2,1-4H3,(H,47,49)(H,48,50)(H,51,59)(H,60,61)/t37-,38-,39-,40+/m0/s1. The molecule has 2 aromatic heterocycles. The summed E-state index contributed by atoms with van der Waals surface area (Å²) in [6.07, 6.45) is 2.92. The molecule has 0 unspecified atom stereocenters. The van der Waals surface area contributed by atoms with E-state index in [-0.39, 0.29) is 17.9 Å². The summed E-state index contributed by atoms with van der Waals surface area (Å²) in [6, 6.07) is 31.6. The lowest BCUT2D eigenvalue weighted by molar-refractivity contribution is -0.151. The van der Waals surface area contributed by atoms with Gasteiger partial charge >= 0.3 is 12.2 Å². The van der Waals surface area contributed by atoms with Crippen LogP contribution in [0, 0.1) is 0 Å². The first kappa shape index (κ1) is 41.4. The van der Waals surface area contributed by atoms with Crippen molar-refractivity contribution < 1.29 is 29.0 Å². The predicted molar refractivity (Wildman–Crippen MR) is 230 cm³/mol. The second-order valence-electron chi connectivity index (χ2n) is 15.4. The van der Waals surface area contributed by atoms with Crippen LogP contribution >= 0.6 is 0 Å². The third kappa shape index (κ3) is 8.25. The van der Waals surface area contributed by atoms with E-state index in [0.717, 1.165) is 38.5 Å². The highest BCUT2D eigenvalue weighted by atomic mass is 16.5. The molecule has 4 aromatic carbocycles. The minimum absolute atomic E-state index is 0.298. The minimum Gasteiger partial charge on any atom is -0.465 e. The number of carboxylic acid groups (broad SMARTS) is 1.